The Balaban J connectivity index is 1.30. The first kappa shape index (κ1) is 18.5. The van der Waals surface area contributed by atoms with Gasteiger partial charge in [-0.2, -0.15) is 0 Å². The number of amides is 1. The van der Waals surface area contributed by atoms with E-state index in [-0.39, 0.29) is 5.92 Å². The minimum Gasteiger partial charge on any atom is -0.367 e. The van der Waals surface area contributed by atoms with Gasteiger partial charge in [-0.25, -0.2) is 9.97 Å². The highest BCUT2D eigenvalue weighted by Gasteiger charge is 2.30. The molecular weight excluding hydrogens is 338 g/mol. The number of anilines is 2. The van der Waals surface area contributed by atoms with Crippen LogP contribution in [0.25, 0.3) is 0 Å². The molecular formula is C21H33N5O. The van der Waals surface area contributed by atoms with Crippen LogP contribution in [0.3, 0.4) is 0 Å². The maximum atomic E-state index is 12.8. The van der Waals surface area contributed by atoms with Crippen LogP contribution in [0.15, 0.2) is 12.4 Å². The van der Waals surface area contributed by atoms with Crippen LogP contribution in [-0.2, 0) is 4.79 Å². The Kier molecular flexibility index (Phi) is 5.79. The molecule has 6 nitrogen and oxygen atoms in total. The van der Waals surface area contributed by atoms with Crippen molar-refractivity contribution < 1.29 is 4.79 Å². The van der Waals surface area contributed by atoms with Crippen molar-refractivity contribution in [2.45, 2.75) is 64.3 Å². The van der Waals surface area contributed by atoms with E-state index < -0.39 is 0 Å². The number of nitrogens with one attached hydrogen (secondary N) is 1. The summed E-state index contributed by atoms with van der Waals surface area (Å²) in [5.74, 6) is 3.26. The molecule has 0 aromatic carbocycles. The van der Waals surface area contributed by atoms with Gasteiger partial charge in [0.05, 0.1) is 0 Å². The smallest absolute Gasteiger partial charge is 0.225 e. The molecule has 148 valence electrons. The van der Waals surface area contributed by atoms with Gasteiger partial charge in [0.2, 0.25) is 5.91 Å². The van der Waals surface area contributed by atoms with Crippen molar-refractivity contribution in [3.63, 3.8) is 0 Å². The Hall–Kier alpha value is -1.85. The van der Waals surface area contributed by atoms with Crippen LogP contribution in [0.4, 0.5) is 11.6 Å². The standard InChI is InChI=1S/C21H33N5O/c1-16-6-10-26(11-7-16)21(27)17-8-12-25(13-9-17)20-14-19(22-15-23-20)24-18-4-2-3-5-18/h14-18H,2-13H2,1H3,(H,22,23,24). The maximum absolute atomic E-state index is 12.8. The number of hydrogen-bond acceptors (Lipinski definition) is 5. The number of rotatable bonds is 4. The third kappa shape index (κ3) is 4.53. The zero-order valence-corrected chi connectivity index (χ0v) is 16.6. The fourth-order valence-corrected chi connectivity index (χ4v) is 4.72. The molecule has 1 N–H and O–H groups in total. The second-order valence-corrected chi connectivity index (χ2v) is 8.66. The molecule has 0 radical (unpaired) electrons. The van der Waals surface area contributed by atoms with Crippen molar-refractivity contribution in [1.82, 2.24) is 14.9 Å². The fourth-order valence-electron chi connectivity index (χ4n) is 4.72. The van der Waals surface area contributed by atoms with E-state index in [9.17, 15) is 4.79 Å². The Morgan fingerprint density at radius 1 is 1.00 bits per heavy atom. The monoisotopic (exact) mass is 371 g/mol. The lowest BCUT2D eigenvalue weighted by molar-refractivity contribution is -0.137. The van der Waals surface area contributed by atoms with Crippen molar-refractivity contribution in [3.05, 3.63) is 12.4 Å². The minimum absolute atomic E-state index is 0.188. The molecule has 3 fully saturated rings. The normalized spacial score (nSPS) is 23.0. The molecule has 2 saturated heterocycles. The summed E-state index contributed by atoms with van der Waals surface area (Å²) in [4.78, 5) is 26.1. The van der Waals surface area contributed by atoms with E-state index in [1.54, 1.807) is 6.33 Å². The zero-order chi connectivity index (χ0) is 18.6. The molecule has 2 aliphatic heterocycles. The quantitative estimate of drug-likeness (QED) is 0.880. The van der Waals surface area contributed by atoms with Crippen molar-refractivity contribution in [1.29, 1.82) is 0 Å². The fraction of sp³-hybridized carbons (Fsp3) is 0.762. The number of aromatic nitrogens is 2. The van der Waals surface area contributed by atoms with Crippen LogP contribution in [0, 0.1) is 11.8 Å². The minimum atomic E-state index is 0.188. The summed E-state index contributed by atoms with van der Waals surface area (Å²) in [6.07, 6.45) is 10.9. The van der Waals surface area contributed by atoms with Gasteiger partial charge in [-0.3, -0.25) is 4.79 Å². The lowest BCUT2D eigenvalue weighted by Crippen LogP contribution is -2.45. The lowest BCUT2D eigenvalue weighted by Gasteiger charge is -2.37. The molecule has 1 aliphatic carbocycles. The van der Waals surface area contributed by atoms with Gasteiger partial charge in [0.1, 0.15) is 18.0 Å². The van der Waals surface area contributed by atoms with Crippen LogP contribution in [0.5, 0.6) is 0 Å². The van der Waals surface area contributed by atoms with Gasteiger partial charge < -0.3 is 15.1 Å². The second-order valence-electron chi connectivity index (χ2n) is 8.66. The van der Waals surface area contributed by atoms with Crippen LogP contribution in [-0.4, -0.2) is 53.0 Å². The van der Waals surface area contributed by atoms with Gasteiger partial charge in [0.15, 0.2) is 0 Å². The second kappa shape index (κ2) is 8.44. The summed E-state index contributed by atoms with van der Waals surface area (Å²) < 4.78 is 0. The van der Waals surface area contributed by atoms with Gasteiger partial charge in [-0.05, 0) is 44.4 Å². The van der Waals surface area contributed by atoms with Gasteiger partial charge >= 0.3 is 0 Å². The van der Waals surface area contributed by atoms with Crippen molar-refractivity contribution in [2.24, 2.45) is 11.8 Å². The van der Waals surface area contributed by atoms with Gasteiger partial charge in [0.25, 0.3) is 0 Å². The molecule has 0 spiro atoms. The van der Waals surface area contributed by atoms with Crippen molar-refractivity contribution in [3.8, 4) is 0 Å². The highest BCUT2D eigenvalue weighted by molar-refractivity contribution is 5.79. The maximum Gasteiger partial charge on any atom is 0.225 e. The topological polar surface area (TPSA) is 61.4 Å². The van der Waals surface area contributed by atoms with Gasteiger partial charge in [-0.15, -0.1) is 0 Å². The predicted molar refractivity (Wildman–Crippen MR) is 108 cm³/mol. The summed E-state index contributed by atoms with van der Waals surface area (Å²) in [6, 6.07) is 2.63. The van der Waals surface area contributed by atoms with Crippen molar-refractivity contribution in [2.75, 3.05) is 36.4 Å². The van der Waals surface area contributed by atoms with Crippen LogP contribution in [0.2, 0.25) is 0 Å². The Labute approximate surface area is 162 Å². The number of carbonyl (C=O) groups is 1. The molecule has 1 aromatic rings. The molecule has 6 heteroatoms. The summed E-state index contributed by atoms with van der Waals surface area (Å²) in [5, 5.41) is 3.56. The van der Waals surface area contributed by atoms with Crippen LogP contribution in [0.1, 0.15) is 58.3 Å². The number of carbonyl (C=O) groups excluding carboxylic acids is 1. The Bertz CT molecular complexity index is 629. The molecule has 1 saturated carbocycles. The van der Waals surface area contributed by atoms with E-state index in [2.05, 4.69) is 38.1 Å². The Morgan fingerprint density at radius 3 is 2.41 bits per heavy atom. The molecule has 27 heavy (non-hydrogen) atoms. The zero-order valence-electron chi connectivity index (χ0n) is 16.6. The largest absolute Gasteiger partial charge is 0.367 e. The van der Waals surface area contributed by atoms with E-state index in [4.69, 9.17) is 0 Å². The lowest BCUT2D eigenvalue weighted by atomic mass is 9.92. The van der Waals surface area contributed by atoms with E-state index in [1.807, 2.05) is 0 Å². The number of piperidine rings is 2. The molecule has 0 unspecified atom stereocenters. The van der Waals surface area contributed by atoms with E-state index in [0.717, 1.165) is 69.4 Å². The van der Waals surface area contributed by atoms with E-state index in [1.165, 1.54) is 25.7 Å². The molecule has 0 atom stereocenters. The third-order valence-corrected chi connectivity index (χ3v) is 6.62. The first-order chi connectivity index (χ1) is 13.2. The molecule has 4 rings (SSSR count). The average molecular weight is 372 g/mol. The first-order valence-electron chi connectivity index (χ1n) is 10.8. The average Bonchev–Trinajstić information content (AvgIpc) is 3.21. The SMILES string of the molecule is CC1CCN(C(=O)C2CCN(c3cc(NC4CCCC4)ncn3)CC2)CC1. The van der Waals surface area contributed by atoms with Crippen molar-refractivity contribution >= 4 is 17.5 Å². The number of likely N-dealkylation sites (tertiary alicyclic amines) is 1. The Morgan fingerprint density at radius 2 is 1.70 bits per heavy atom. The summed E-state index contributed by atoms with van der Waals surface area (Å²) in [5.41, 5.74) is 0. The summed E-state index contributed by atoms with van der Waals surface area (Å²) in [7, 11) is 0. The summed E-state index contributed by atoms with van der Waals surface area (Å²) in [6.45, 7) is 5.99. The third-order valence-electron chi connectivity index (χ3n) is 6.62. The molecule has 1 aromatic heterocycles. The first-order valence-corrected chi connectivity index (χ1v) is 10.8. The van der Waals surface area contributed by atoms with E-state index in [0.29, 0.717) is 11.9 Å². The summed E-state index contributed by atoms with van der Waals surface area (Å²) >= 11 is 0. The predicted octanol–water partition coefficient (Wildman–Crippen LogP) is 3.31. The van der Waals surface area contributed by atoms with Gasteiger partial charge in [-0.1, -0.05) is 19.8 Å². The molecule has 3 heterocycles. The number of hydrogen-bond donors (Lipinski definition) is 1. The van der Waals surface area contributed by atoms with Gasteiger partial charge in [0, 0.05) is 44.2 Å². The number of nitrogens with zero attached hydrogens (tertiary/aromatic N) is 4. The highest BCUT2D eigenvalue weighted by atomic mass is 16.2. The molecule has 1 amide bonds. The molecule has 3 aliphatic rings. The van der Waals surface area contributed by atoms with Crippen LogP contribution < -0.4 is 10.2 Å². The van der Waals surface area contributed by atoms with E-state index >= 15 is 0 Å². The van der Waals surface area contributed by atoms with Crippen LogP contribution >= 0.6 is 0 Å². The molecule has 0 bridgehead atoms. The highest BCUT2D eigenvalue weighted by Crippen LogP contribution is 2.27.